The van der Waals surface area contributed by atoms with Crippen LogP contribution in [-0.4, -0.2) is 49.6 Å². The van der Waals surface area contributed by atoms with Crippen molar-refractivity contribution in [2.24, 2.45) is 4.99 Å². The first-order chi connectivity index (χ1) is 12.3. The number of anilines is 1. The van der Waals surface area contributed by atoms with Crippen molar-refractivity contribution in [3.63, 3.8) is 0 Å². The van der Waals surface area contributed by atoms with Gasteiger partial charge in [0.2, 0.25) is 5.91 Å². The number of hydrogen-bond donors (Lipinski definition) is 3. The lowest BCUT2D eigenvalue weighted by Gasteiger charge is -2.21. The van der Waals surface area contributed by atoms with E-state index < -0.39 is 0 Å². The smallest absolute Gasteiger partial charge is 0.242 e. The highest BCUT2D eigenvalue weighted by molar-refractivity contribution is 14.0. The number of amides is 1. The van der Waals surface area contributed by atoms with E-state index in [4.69, 9.17) is 11.6 Å². The van der Waals surface area contributed by atoms with Crippen molar-refractivity contribution in [2.45, 2.75) is 45.7 Å². The molecule has 152 valence electrons. The molecule has 1 aliphatic heterocycles. The van der Waals surface area contributed by atoms with Gasteiger partial charge < -0.3 is 20.9 Å². The predicted molar refractivity (Wildman–Crippen MR) is 124 cm³/mol. The summed E-state index contributed by atoms with van der Waals surface area (Å²) >= 11 is 6.09. The standard InChI is InChI=1S/C19H30ClN5O.HI/c1-5-21-18(22-12-17(26)24-19(2,3)4)23-15-9-10-25(13-15)16-8-6-7-14(20)11-16;/h6-8,11,15H,5,9-10,12-13H2,1-4H3,(H,24,26)(H2,21,22,23);1H. The third-order valence-corrected chi connectivity index (χ3v) is 4.18. The molecule has 8 heteroatoms. The maximum Gasteiger partial charge on any atom is 0.242 e. The van der Waals surface area contributed by atoms with Gasteiger partial charge in [0.25, 0.3) is 0 Å². The van der Waals surface area contributed by atoms with Crippen LogP contribution in [0.15, 0.2) is 29.3 Å². The van der Waals surface area contributed by atoms with E-state index in [1.54, 1.807) is 0 Å². The lowest BCUT2D eigenvalue weighted by molar-refractivity contribution is -0.121. The SMILES string of the molecule is CCNC(=NCC(=O)NC(C)(C)C)NC1CCN(c2cccc(Cl)c2)C1.I. The molecule has 0 spiro atoms. The number of carbonyl (C=O) groups is 1. The average molecular weight is 508 g/mol. The van der Waals surface area contributed by atoms with Crippen molar-refractivity contribution in [1.82, 2.24) is 16.0 Å². The fraction of sp³-hybridized carbons (Fsp3) is 0.579. The molecule has 3 N–H and O–H groups in total. The molecule has 0 saturated carbocycles. The number of nitrogens with zero attached hydrogens (tertiary/aromatic N) is 2. The zero-order valence-electron chi connectivity index (χ0n) is 16.5. The topological polar surface area (TPSA) is 68.8 Å². The number of benzene rings is 1. The highest BCUT2D eigenvalue weighted by Gasteiger charge is 2.23. The summed E-state index contributed by atoms with van der Waals surface area (Å²) in [6, 6.07) is 8.19. The zero-order chi connectivity index (χ0) is 19.2. The van der Waals surface area contributed by atoms with Gasteiger partial charge in [-0.3, -0.25) is 4.79 Å². The van der Waals surface area contributed by atoms with Gasteiger partial charge in [0.15, 0.2) is 5.96 Å². The second-order valence-electron chi connectivity index (χ2n) is 7.55. The van der Waals surface area contributed by atoms with Gasteiger partial charge in [0.05, 0.1) is 0 Å². The quantitative estimate of drug-likeness (QED) is 0.326. The van der Waals surface area contributed by atoms with Crippen LogP contribution in [0.4, 0.5) is 5.69 Å². The van der Waals surface area contributed by atoms with Crippen LogP contribution in [0.3, 0.4) is 0 Å². The largest absolute Gasteiger partial charge is 0.369 e. The summed E-state index contributed by atoms with van der Waals surface area (Å²) in [6.07, 6.45) is 1.01. The van der Waals surface area contributed by atoms with E-state index in [1.807, 2.05) is 45.9 Å². The summed E-state index contributed by atoms with van der Waals surface area (Å²) in [7, 11) is 0. The maximum absolute atomic E-state index is 12.0. The summed E-state index contributed by atoms with van der Waals surface area (Å²) in [6.45, 7) is 10.6. The van der Waals surface area contributed by atoms with Crippen molar-refractivity contribution in [3.05, 3.63) is 29.3 Å². The molecule has 1 saturated heterocycles. The Bertz CT molecular complexity index is 647. The lowest BCUT2D eigenvalue weighted by Crippen LogP contribution is -2.46. The summed E-state index contributed by atoms with van der Waals surface area (Å²) in [5, 5.41) is 10.3. The molecule has 0 aliphatic carbocycles. The Hall–Kier alpha value is -1.22. The summed E-state index contributed by atoms with van der Waals surface area (Å²) in [4.78, 5) is 18.7. The predicted octanol–water partition coefficient (Wildman–Crippen LogP) is 3.01. The summed E-state index contributed by atoms with van der Waals surface area (Å²) < 4.78 is 0. The molecular formula is C19H31ClIN5O. The van der Waals surface area contributed by atoms with E-state index in [0.29, 0.717) is 5.96 Å². The molecule has 6 nitrogen and oxygen atoms in total. The van der Waals surface area contributed by atoms with Crippen molar-refractivity contribution in [2.75, 3.05) is 31.1 Å². The minimum atomic E-state index is -0.249. The molecule has 27 heavy (non-hydrogen) atoms. The maximum atomic E-state index is 12.0. The summed E-state index contributed by atoms with van der Waals surface area (Å²) in [5.41, 5.74) is 0.884. The van der Waals surface area contributed by atoms with Crippen LogP contribution in [0, 0.1) is 0 Å². The van der Waals surface area contributed by atoms with E-state index in [1.165, 1.54) is 0 Å². The molecule has 1 heterocycles. The zero-order valence-corrected chi connectivity index (χ0v) is 19.6. The summed E-state index contributed by atoms with van der Waals surface area (Å²) in [5.74, 6) is 0.594. The fourth-order valence-corrected chi connectivity index (χ4v) is 3.09. The number of halogens is 2. The molecule has 1 atom stereocenters. The Morgan fingerprint density at radius 2 is 2.11 bits per heavy atom. The Morgan fingerprint density at radius 3 is 2.74 bits per heavy atom. The molecular weight excluding hydrogens is 477 g/mol. The second-order valence-corrected chi connectivity index (χ2v) is 7.99. The molecule has 0 radical (unpaired) electrons. The lowest BCUT2D eigenvalue weighted by atomic mass is 10.1. The van der Waals surface area contributed by atoms with Crippen LogP contribution in [0.5, 0.6) is 0 Å². The second kappa shape index (κ2) is 10.9. The Labute approximate surface area is 184 Å². The first kappa shape index (κ1) is 23.8. The normalized spacial score (nSPS) is 17.3. The third-order valence-electron chi connectivity index (χ3n) is 3.94. The third kappa shape index (κ3) is 8.55. The Kier molecular flexibility index (Phi) is 9.66. The van der Waals surface area contributed by atoms with Gasteiger partial charge in [-0.1, -0.05) is 17.7 Å². The first-order valence-corrected chi connectivity index (χ1v) is 9.51. The highest BCUT2D eigenvalue weighted by Crippen LogP contribution is 2.23. The van der Waals surface area contributed by atoms with Gasteiger partial charge in [-0.25, -0.2) is 4.99 Å². The fourth-order valence-electron chi connectivity index (χ4n) is 2.91. The van der Waals surface area contributed by atoms with Crippen LogP contribution >= 0.6 is 35.6 Å². The minimum absolute atomic E-state index is 0. The first-order valence-electron chi connectivity index (χ1n) is 9.13. The van der Waals surface area contributed by atoms with Gasteiger partial charge in [-0.15, -0.1) is 24.0 Å². The number of aliphatic imine (C=N–C) groups is 1. The number of carbonyl (C=O) groups excluding carboxylic acids is 1. The molecule has 1 aliphatic rings. The number of nitrogens with one attached hydrogen (secondary N) is 3. The Balaban J connectivity index is 0.00000364. The molecule has 1 fully saturated rings. The molecule has 1 unspecified atom stereocenters. The van der Waals surface area contributed by atoms with Gasteiger partial charge in [0, 0.05) is 41.9 Å². The van der Waals surface area contributed by atoms with Crippen molar-refractivity contribution >= 4 is 53.1 Å². The van der Waals surface area contributed by atoms with Crippen LogP contribution in [-0.2, 0) is 4.79 Å². The van der Waals surface area contributed by atoms with Crippen LogP contribution < -0.4 is 20.9 Å². The van der Waals surface area contributed by atoms with E-state index in [9.17, 15) is 4.79 Å². The number of rotatable bonds is 5. The monoisotopic (exact) mass is 507 g/mol. The van der Waals surface area contributed by atoms with Gasteiger partial charge in [0.1, 0.15) is 6.54 Å². The molecule has 1 aromatic rings. The molecule has 2 rings (SSSR count). The molecule has 1 amide bonds. The minimum Gasteiger partial charge on any atom is -0.369 e. The van der Waals surface area contributed by atoms with Crippen LogP contribution in [0.2, 0.25) is 5.02 Å². The van der Waals surface area contributed by atoms with Crippen molar-refractivity contribution in [1.29, 1.82) is 0 Å². The van der Waals surface area contributed by atoms with Crippen molar-refractivity contribution < 1.29 is 4.79 Å². The van der Waals surface area contributed by atoms with Gasteiger partial charge >= 0.3 is 0 Å². The highest BCUT2D eigenvalue weighted by atomic mass is 127. The van der Waals surface area contributed by atoms with Gasteiger partial charge in [-0.2, -0.15) is 0 Å². The van der Waals surface area contributed by atoms with E-state index in [2.05, 4.69) is 31.9 Å². The van der Waals surface area contributed by atoms with E-state index in [-0.39, 0.29) is 48.0 Å². The Morgan fingerprint density at radius 1 is 1.37 bits per heavy atom. The number of hydrogen-bond acceptors (Lipinski definition) is 3. The molecule has 0 bridgehead atoms. The van der Waals surface area contributed by atoms with Gasteiger partial charge in [-0.05, 0) is 52.3 Å². The van der Waals surface area contributed by atoms with E-state index in [0.717, 1.165) is 36.8 Å². The van der Waals surface area contributed by atoms with Crippen molar-refractivity contribution in [3.8, 4) is 0 Å². The van der Waals surface area contributed by atoms with Crippen LogP contribution in [0.25, 0.3) is 0 Å². The molecule has 1 aromatic carbocycles. The van der Waals surface area contributed by atoms with E-state index >= 15 is 0 Å². The molecule has 0 aromatic heterocycles. The number of guanidine groups is 1. The van der Waals surface area contributed by atoms with Crippen LogP contribution in [0.1, 0.15) is 34.1 Å². The average Bonchev–Trinajstić information content (AvgIpc) is 3.00.